The van der Waals surface area contributed by atoms with Gasteiger partial charge in [-0.15, -0.1) is 0 Å². The van der Waals surface area contributed by atoms with Crippen molar-refractivity contribution >= 4 is 0 Å². The van der Waals surface area contributed by atoms with Gasteiger partial charge in [0.15, 0.2) is 0 Å². The van der Waals surface area contributed by atoms with E-state index < -0.39 is 0 Å². The Hall–Kier alpha value is -1.81. The van der Waals surface area contributed by atoms with Crippen molar-refractivity contribution in [3.8, 4) is 17.0 Å². The van der Waals surface area contributed by atoms with E-state index in [0.717, 1.165) is 33.7 Å². The summed E-state index contributed by atoms with van der Waals surface area (Å²) in [4.78, 5) is 0. The first-order valence-corrected chi connectivity index (χ1v) is 5.97. The Labute approximate surface area is 107 Å². The topological polar surface area (TPSA) is 63.9 Å². The molecule has 0 aliphatic carbocycles. The number of aromatic amines is 1. The van der Waals surface area contributed by atoms with Gasteiger partial charge in [-0.2, -0.15) is 5.10 Å². The number of methoxy groups -OCH3 is 1. The minimum Gasteiger partial charge on any atom is -0.496 e. The zero-order chi connectivity index (χ0) is 13.3. The predicted molar refractivity (Wildman–Crippen MR) is 72.7 cm³/mol. The summed E-state index contributed by atoms with van der Waals surface area (Å²) in [5, 5.41) is 7.11. The number of hydrogen-bond donors (Lipinski definition) is 2. The third-order valence-corrected chi connectivity index (χ3v) is 3.44. The molecule has 0 aliphatic heterocycles. The minimum absolute atomic E-state index is 0.482. The van der Waals surface area contributed by atoms with Gasteiger partial charge in [-0.25, -0.2) is 0 Å². The molecule has 0 aliphatic rings. The van der Waals surface area contributed by atoms with E-state index >= 15 is 0 Å². The number of aromatic nitrogens is 2. The van der Waals surface area contributed by atoms with E-state index in [2.05, 4.69) is 30.1 Å². The Bertz CT molecular complexity index is 573. The Morgan fingerprint density at radius 1 is 1.28 bits per heavy atom. The third-order valence-electron chi connectivity index (χ3n) is 3.44. The van der Waals surface area contributed by atoms with Crippen LogP contribution < -0.4 is 10.5 Å². The van der Waals surface area contributed by atoms with E-state index in [1.807, 2.05) is 6.92 Å². The average molecular weight is 245 g/mol. The summed E-state index contributed by atoms with van der Waals surface area (Å²) in [5.74, 6) is 0.949. The quantitative estimate of drug-likeness (QED) is 0.873. The highest BCUT2D eigenvalue weighted by atomic mass is 16.5. The summed E-state index contributed by atoms with van der Waals surface area (Å²) in [6.07, 6.45) is 1.78. The van der Waals surface area contributed by atoms with Crippen LogP contribution in [0.4, 0.5) is 0 Å². The summed E-state index contributed by atoms with van der Waals surface area (Å²) in [6.45, 7) is 6.69. The minimum atomic E-state index is 0.482. The van der Waals surface area contributed by atoms with Gasteiger partial charge < -0.3 is 10.5 Å². The fourth-order valence-electron chi connectivity index (χ4n) is 2.33. The smallest absolute Gasteiger partial charge is 0.124 e. The van der Waals surface area contributed by atoms with Gasteiger partial charge in [0.1, 0.15) is 5.75 Å². The zero-order valence-electron chi connectivity index (χ0n) is 11.3. The van der Waals surface area contributed by atoms with Gasteiger partial charge in [-0.1, -0.05) is 0 Å². The predicted octanol–water partition coefficient (Wildman–Crippen LogP) is 2.47. The molecule has 2 rings (SSSR count). The molecule has 0 saturated heterocycles. The Balaban J connectivity index is 2.66. The van der Waals surface area contributed by atoms with Gasteiger partial charge in [0, 0.05) is 17.7 Å². The first kappa shape index (κ1) is 12.6. The number of aryl methyl sites for hydroxylation is 1. The normalized spacial score (nSPS) is 10.7. The lowest BCUT2D eigenvalue weighted by molar-refractivity contribution is 0.408. The number of nitrogens with zero attached hydrogens (tertiary/aromatic N) is 1. The lowest BCUT2D eigenvalue weighted by Gasteiger charge is -2.15. The second kappa shape index (κ2) is 4.82. The maximum absolute atomic E-state index is 5.73. The van der Waals surface area contributed by atoms with Crippen LogP contribution in [0.25, 0.3) is 11.3 Å². The summed E-state index contributed by atoms with van der Waals surface area (Å²) >= 11 is 0. The van der Waals surface area contributed by atoms with Crippen LogP contribution in [0.3, 0.4) is 0 Å². The molecule has 0 spiro atoms. The Morgan fingerprint density at radius 3 is 2.61 bits per heavy atom. The number of nitrogens with two attached hydrogens (primary N) is 1. The molecule has 18 heavy (non-hydrogen) atoms. The monoisotopic (exact) mass is 245 g/mol. The summed E-state index contributed by atoms with van der Waals surface area (Å²) in [5.41, 5.74) is 12.4. The number of nitrogens with one attached hydrogen (secondary N) is 1. The number of rotatable bonds is 3. The fourth-order valence-corrected chi connectivity index (χ4v) is 2.33. The van der Waals surface area contributed by atoms with Gasteiger partial charge in [0.25, 0.3) is 0 Å². The molecule has 0 radical (unpaired) electrons. The maximum Gasteiger partial charge on any atom is 0.124 e. The van der Waals surface area contributed by atoms with Crippen molar-refractivity contribution in [2.24, 2.45) is 5.73 Å². The van der Waals surface area contributed by atoms with E-state index in [0.29, 0.717) is 6.54 Å². The Kier molecular flexibility index (Phi) is 3.39. The third kappa shape index (κ3) is 1.88. The van der Waals surface area contributed by atoms with Crippen molar-refractivity contribution in [1.82, 2.24) is 10.2 Å². The van der Waals surface area contributed by atoms with Crippen molar-refractivity contribution in [3.05, 3.63) is 34.5 Å². The average Bonchev–Trinajstić information content (AvgIpc) is 2.82. The van der Waals surface area contributed by atoms with Gasteiger partial charge >= 0.3 is 0 Å². The van der Waals surface area contributed by atoms with Crippen LogP contribution in [0, 0.1) is 20.8 Å². The van der Waals surface area contributed by atoms with E-state index in [4.69, 9.17) is 10.5 Å². The van der Waals surface area contributed by atoms with Crippen LogP contribution in [0.2, 0.25) is 0 Å². The number of ether oxygens (including phenoxy) is 1. The molecule has 0 atom stereocenters. The van der Waals surface area contributed by atoms with Crippen LogP contribution >= 0.6 is 0 Å². The maximum atomic E-state index is 5.73. The van der Waals surface area contributed by atoms with E-state index in [1.54, 1.807) is 13.3 Å². The number of benzene rings is 1. The number of H-pyrrole nitrogens is 1. The molecule has 4 heteroatoms. The molecule has 1 aromatic carbocycles. The van der Waals surface area contributed by atoms with Gasteiger partial charge in [-0.3, -0.25) is 5.10 Å². The SMILES string of the molecule is COc1c(C)cc(-c2[nH]ncc2CN)c(C)c1C. The molecular weight excluding hydrogens is 226 g/mol. The van der Waals surface area contributed by atoms with E-state index in [9.17, 15) is 0 Å². The van der Waals surface area contributed by atoms with Crippen LogP contribution in [0.1, 0.15) is 22.3 Å². The lowest BCUT2D eigenvalue weighted by Crippen LogP contribution is -2.00. The molecular formula is C14H19N3O. The highest BCUT2D eigenvalue weighted by molar-refractivity contribution is 5.71. The summed E-state index contributed by atoms with van der Waals surface area (Å²) < 4.78 is 5.43. The molecule has 0 amide bonds. The van der Waals surface area contributed by atoms with Crippen molar-refractivity contribution < 1.29 is 4.74 Å². The van der Waals surface area contributed by atoms with Crippen molar-refractivity contribution in [1.29, 1.82) is 0 Å². The molecule has 4 nitrogen and oxygen atoms in total. The second-order valence-electron chi connectivity index (χ2n) is 4.50. The summed E-state index contributed by atoms with van der Waals surface area (Å²) in [6, 6.07) is 2.12. The molecule has 0 unspecified atom stereocenters. The van der Waals surface area contributed by atoms with Crippen LogP contribution in [-0.2, 0) is 6.54 Å². The molecule has 0 fully saturated rings. The summed E-state index contributed by atoms with van der Waals surface area (Å²) in [7, 11) is 1.70. The van der Waals surface area contributed by atoms with Crippen LogP contribution in [0.15, 0.2) is 12.3 Å². The van der Waals surface area contributed by atoms with E-state index in [1.165, 1.54) is 5.56 Å². The van der Waals surface area contributed by atoms with Crippen molar-refractivity contribution in [2.75, 3.05) is 7.11 Å². The highest BCUT2D eigenvalue weighted by Gasteiger charge is 2.15. The lowest BCUT2D eigenvalue weighted by atomic mass is 9.95. The zero-order valence-corrected chi connectivity index (χ0v) is 11.3. The molecule has 0 saturated carbocycles. The second-order valence-corrected chi connectivity index (χ2v) is 4.50. The van der Waals surface area contributed by atoms with Crippen LogP contribution in [-0.4, -0.2) is 17.3 Å². The molecule has 0 bridgehead atoms. The van der Waals surface area contributed by atoms with Gasteiger partial charge in [0.2, 0.25) is 0 Å². The molecule has 1 aromatic heterocycles. The van der Waals surface area contributed by atoms with Gasteiger partial charge in [-0.05, 0) is 43.5 Å². The fraction of sp³-hybridized carbons (Fsp3) is 0.357. The molecule has 1 heterocycles. The Morgan fingerprint density at radius 2 is 2.00 bits per heavy atom. The molecule has 2 aromatic rings. The van der Waals surface area contributed by atoms with Gasteiger partial charge in [0.05, 0.1) is 19.0 Å². The first-order chi connectivity index (χ1) is 8.60. The van der Waals surface area contributed by atoms with Crippen LogP contribution in [0.5, 0.6) is 5.75 Å². The largest absolute Gasteiger partial charge is 0.496 e. The van der Waals surface area contributed by atoms with Crippen molar-refractivity contribution in [2.45, 2.75) is 27.3 Å². The highest BCUT2D eigenvalue weighted by Crippen LogP contribution is 2.34. The van der Waals surface area contributed by atoms with E-state index in [-0.39, 0.29) is 0 Å². The standard InChI is InChI=1S/C14H19N3O/c1-8-5-12(9(2)10(3)14(8)18-4)13-11(6-15)7-16-17-13/h5,7H,6,15H2,1-4H3,(H,16,17). The molecule has 3 N–H and O–H groups in total. The number of hydrogen-bond acceptors (Lipinski definition) is 3. The van der Waals surface area contributed by atoms with Crippen molar-refractivity contribution in [3.63, 3.8) is 0 Å². The first-order valence-electron chi connectivity index (χ1n) is 5.97. The molecule has 96 valence electrons.